The summed E-state index contributed by atoms with van der Waals surface area (Å²) in [4.78, 5) is 14.1. The highest BCUT2D eigenvalue weighted by Crippen LogP contribution is 2.33. The number of piperidine rings is 1. The first-order valence-electron chi connectivity index (χ1n) is 8.07. The molecule has 1 amide bonds. The lowest BCUT2D eigenvalue weighted by Gasteiger charge is -2.27. The van der Waals surface area contributed by atoms with Gasteiger partial charge in [0.2, 0.25) is 5.91 Å². The fraction of sp³-hybridized carbons (Fsp3) is 0.588. The molecule has 0 saturated carbocycles. The van der Waals surface area contributed by atoms with Crippen molar-refractivity contribution in [3.05, 3.63) is 29.3 Å². The fourth-order valence-electron chi connectivity index (χ4n) is 3.47. The van der Waals surface area contributed by atoms with E-state index < -0.39 is 0 Å². The van der Waals surface area contributed by atoms with E-state index in [2.05, 4.69) is 5.32 Å². The molecule has 1 aliphatic carbocycles. The molecule has 1 aliphatic heterocycles. The number of likely N-dealkylation sites (tertiary alicyclic amines) is 1. The average Bonchev–Trinajstić information content (AvgIpc) is 2.90. The van der Waals surface area contributed by atoms with Crippen LogP contribution in [0.5, 0.6) is 5.75 Å². The Hall–Kier alpha value is -1.55. The minimum atomic E-state index is 0.283. The molecule has 0 spiro atoms. The van der Waals surface area contributed by atoms with Gasteiger partial charge < -0.3 is 15.3 Å². The maximum absolute atomic E-state index is 12.1. The molecular weight excluding hydrogens is 264 g/mol. The number of nitrogens with one attached hydrogen (secondary N) is 1. The SMILES string of the molecule is O=C(CCNC1CCc2cc(O)ccc21)N1CCCCC1. The number of hydrogen-bond acceptors (Lipinski definition) is 3. The van der Waals surface area contributed by atoms with Crippen LogP contribution in [0.3, 0.4) is 0 Å². The average molecular weight is 288 g/mol. The molecule has 1 fully saturated rings. The molecule has 1 atom stereocenters. The number of aromatic hydroxyl groups is 1. The van der Waals surface area contributed by atoms with Crippen LogP contribution in [0.2, 0.25) is 0 Å². The Morgan fingerprint density at radius 3 is 2.90 bits per heavy atom. The van der Waals surface area contributed by atoms with Crippen LogP contribution < -0.4 is 5.32 Å². The number of amides is 1. The lowest BCUT2D eigenvalue weighted by Crippen LogP contribution is -2.37. The first-order valence-corrected chi connectivity index (χ1v) is 8.07. The number of fused-ring (bicyclic) bond motifs is 1. The number of benzene rings is 1. The zero-order valence-corrected chi connectivity index (χ0v) is 12.5. The van der Waals surface area contributed by atoms with Crippen molar-refractivity contribution in [1.29, 1.82) is 0 Å². The van der Waals surface area contributed by atoms with Crippen LogP contribution in [0.1, 0.15) is 49.3 Å². The number of carbonyl (C=O) groups is 1. The summed E-state index contributed by atoms with van der Waals surface area (Å²) in [6.07, 6.45) is 6.20. The quantitative estimate of drug-likeness (QED) is 0.894. The molecule has 4 heteroatoms. The topological polar surface area (TPSA) is 52.6 Å². The molecule has 1 heterocycles. The van der Waals surface area contributed by atoms with Gasteiger partial charge >= 0.3 is 0 Å². The van der Waals surface area contributed by atoms with Crippen LogP contribution in [-0.4, -0.2) is 35.5 Å². The number of aryl methyl sites for hydroxylation is 1. The van der Waals surface area contributed by atoms with E-state index in [0.29, 0.717) is 18.2 Å². The summed E-state index contributed by atoms with van der Waals surface area (Å²) in [6.45, 7) is 2.61. The molecule has 1 aromatic rings. The number of phenolic OH excluding ortho intramolecular Hbond substituents is 1. The van der Waals surface area contributed by atoms with Gasteiger partial charge in [0.25, 0.3) is 0 Å². The highest BCUT2D eigenvalue weighted by atomic mass is 16.3. The van der Waals surface area contributed by atoms with Crippen LogP contribution >= 0.6 is 0 Å². The monoisotopic (exact) mass is 288 g/mol. The van der Waals surface area contributed by atoms with Crippen molar-refractivity contribution in [2.24, 2.45) is 0 Å². The third kappa shape index (κ3) is 3.38. The van der Waals surface area contributed by atoms with Gasteiger partial charge in [0, 0.05) is 32.1 Å². The largest absolute Gasteiger partial charge is 0.508 e. The van der Waals surface area contributed by atoms with E-state index >= 15 is 0 Å². The number of rotatable bonds is 4. The second kappa shape index (κ2) is 6.48. The summed E-state index contributed by atoms with van der Waals surface area (Å²) in [5.74, 6) is 0.626. The first-order chi connectivity index (χ1) is 10.2. The van der Waals surface area contributed by atoms with Gasteiger partial charge in [-0.25, -0.2) is 0 Å². The van der Waals surface area contributed by atoms with Gasteiger partial charge in [-0.2, -0.15) is 0 Å². The van der Waals surface area contributed by atoms with Crippen LogP contribution in [0.15, 0.2) is 18.2 Å². The summed E-state index contributed by atoms with van der Waals surface area (Å²) in [7, 11) is 0. The van der Waals surface area contributed by atoms with Crippen molar-refractivity contribution in [2.45, 2.75) is 44.6 Å². The molecule has 0 bridgehead atoms. The van der Waals surface area contributed by atoms with Gasteiger partial charge in [-0.05, 0) is 55.4 Å². The van der Waals surface area contributed by atoms with E-state index in [4.69, 9.17) is 0 Å². The third-order valence-electron chi connectivity index (χ3n) is 4.64. The summed E-state index contributed by atoms with van der Waals surface area (Å²) in [5, 5.41) is 13.0. The highest BCUT2D eigenvalue weighted by molar-refractivity contribution is 5.76. The molecule has 114 valence electrons. The smallest absolute Gasteiger partial charge is 0.223 e. The van der Waals surface area contributed by atoms with E-state index in [9.17, 15) is 9.90 Å². The number of phenols is 1. The molecule has 4 nitrogen and oxygen atoms in total. The Labute approximate surface area is 126 Å². The lowest BCUT2D eigenvalue weighted by molar-refractivity contribution is -0.132. The van der Waals surface area contributed by atoms with Crippen molar-refractivity contribution < 1.29 is 9.90 Å². The Balaban J connectivity index is 1.47. The molecule has 2 aliphatic rings. The summed E-state index contributed by atoms with van der Waals surface area (Å²) >= 11 is 0. The van der Waals surface area contributed by atoms with Crippen molar-refractivity contribution >= 4 is 5.91 Å². The minimum absolute atomic E-state index is 0.283. The highest BCUT2D eigenvalue weighted by Gasteiger charge is 2.23. The van der Waals surface area contributed by atoms with Crippen LogP contribution in [-0.2, 0) is 11.2 Å². The van der Waals surface area contributed by atoms with Gasteiger partial charge in [0.15, 0.2) is 0 Å². The molecule has 0 aromatic heterocycles. The molecular formula is C17H24N2O2. The number of nitrogens with zero attached hydrogens (tertiary/aromatic N) is 1. The van der Waals surface area contributed by atoms with Crippen molar-refractivity contribution in [1.82, 2.24) is 10.2 Å². The van der Waals surface area contributed by atoms with Crippen molar-refractivity contribution in [3.8, 4) is 5.75 Å². The van der Waals surface area contributed by atoms with Crippen LogP contribution in [0.4, 0.5) is 0 Å². The van der Waals surface area contributed by atoms with Gasteiger partial charge in [0.05, 0.1) is 0 Å². The van der Waals surface area contributed by atoms with E-state index in [1.54, 1.807) is 6.07 Å². The van der Waals surface area contributed by atoms with Crippen molar-refractivity contribution in [3.63, 3.8) is 0 Å². The zero-order valence-electron chi connectivity index (χ0n) is 12.5. The first kappa shape index (κ1) is 14.4. The van der Waals surface area contributed by atoms with E-state index in [-0.39, 0.29) is 5.91 Å². The van der Waals surface area contributed by atoms with E-state index in [1.165, 1.54) is 17.5 Å². The molecule has 0 radical (unpaired) electrons. The fourth-order valence-corrected chi connectivity index (χ4v) is 3.47. The predicted molar refractivity (Wildman–Crippen MR) is 82.2 cm³/mol. The molecule has 2 N–H and O–H groups in total. The summed E-state index contributed by atoms with van der Waals surface area (Å²) < 4.78 is 0. The maximum Gasteiger partial charge on any atom is 0.223 e. The standard InChI is InChI=1S/C17H24N2O2/c20-14-5-6-15-13(12-14)4-7-16(15)18-9-8-17(21)19-10-2-1-3-11-19/h5-6,12,16,18,20H,1-4,7-11H2. The zero-order chi connectivity index (χ0) is 14.7. The van der Waals surface area contributed by atoms with E-state index in [0.717, 1.165) is 45.3 Å². The van der Waals surface area contributed by atoms with Crippen molar-refractivity contribution in [2.75, 3.05) is 19.6 Å². The van der Waals surface area contributed by atoms with Gasteiger partial charge in [-0.15, -0.1) is 0 Å². The van der Waals surface area contributed by atoms with Gasteiger partial charge in [-0.3, -0.25) is 4.79 Å². The van der Waals surface area contributed by atoms with Crippen LogP contribution in [0.25, 0.3) is 0 Å². The maximum atomic E-state index is 12.1. The van der Waals surface area contributed by atoms with Gasteiger partial charge in [0.1, 0.15) is 5.75 Å². The molecule has 21 heavy (non-hydrogen) atoms. The third-order valence-corrected chi connectivity index (χ3v) is 4.64. The van der Waals surface area contributed by atoms with E-state index in [1.807, 2.05) is 17.0 Å². The predicted octanol–water partition coefficient (Wildman–Crippen LogP) is 2.37. The second-order valence-electron chi connectivity index (χ2n) is 6.12. The summed E-state index contributed by atoms with van der Waals surface area (Å²) in [6, 6.07) is 5.94. The second-order valence-corrected chi connectivity index (χ2v) is 6.12. The Bertz CT molecular complexity index is 510. The van der Waals surface area contributed by atoms with Crippen LogP contribution in [0, 0.1) is 0 Å². The molecule has 1 unspecified atom stereocenters. The lowest BCUT2D eigenvalue weighted by atomic mass is 10.1. The molecule has 1 aromatic carbocycles. The normalized spacial score (nSPS) is 21.3. The molecule has 1 saturated heterocycles. The van der Waals surface area contributed by atoms with Gasteiger partial charge in [-0.1, -0.05) is 6.07 Å². The Morgan fingerprint density at radius 2 is 2.10 bits per heavy atom. The Morgan fingerprint density at radius 1 is 1.29 bits per heavy atom. The summed E-state index contributed by atoms with van der Waals surface area (Å²) in [5.41, 5.74) is 2.51. The number of carbonyl (C=O) groups excluding carboxylic acids is 1. The minimum Gasteiger partial charge on any atom is -0.508 e. The number of hydrogen-bond donors (Lipinski definition) is 2. The Kier molecular flexibility index (Phi) is 4.44. The molecule has 3 rings (SSSR count).